The molecule has 1 aliphatic rings. The first-order valence-corrected chi connectivity index (χ1v) is 8.79. The van der Waals surface area contributed by atoms with Gasteiger partial charge in [-0.3, -0.25) is 4.90 Å². The minimum atomic E-state index is -0.0966. The number of aliphatic hydroxyl groups excluding tert-OH is 1. The zero-order valence-electron chi connectivity index (χ0n) is 14.4. The molecule has 1 unspecified atom stereocenters. The van der Waals surface area contributed by atoms with Crippen LogP contribution in [0.2, 0.25) is 0 Å². The summed E-state index contributed by atoms with van der Waals surface area (Å²) in [7, 11) is 0. The van der Waals surface area contributed by atoms with Crippen LogP contribution in [0.3, 0.4) is 0 Å². The molecule has 1 aliphatic heterocycles. The Balaban J connectivity index is 1.91. The molecule has 2 rings (SSSR count). The molecule has 2 N–H and O–H groups in total. The summed E-state index contributed by atoms with van der Waals surface area (Å²) >= 11 is 0. The van der Waals surface area contributed by atoms with E-state index >= 15 is 0 Å². The fraction of sp³-hybridized carbons (Fsp3) is 0.684. The highest BCUT2D eigenvalue weighted by Gasteiger charge is 2.18. The van der Waals surface area contributed by atoms with E-state index in [1.165, 1.54) is 24.1 Å². The van der Waals surface area contributed by atoms with Crippen molar-refractivity contribution in [2.24, 2.45) is 5.92 Å². The van der Waals surface area contributed by atoms with E-state index in [-0.39, 0.29) is 6.10 Å². The Morgan fingerprint density at radius 3 is 2.50 bits per heavy atom. The van der Waals surface area contributed by atoms with E-state index in [0.29, 0.717) is 6.04 Å². The van der Waals surface area contributed by atoms with Crippen LogP contribution in [0.15, 0.2) is 24.3 Å². The van der Waals surface area contributed by atoms with Gasteiger partial charge in [0.2, 0.25) is 0 Å². The van der Waals surface area contributed by atoms with E-state index in [4.69, 9.17) is 0 Å². The van der Waals surface area contributed by atoms with Gasteiger partial charge < -0.3 is 10.4 Å². The van der Waals surface area contributed by atoms with Crippen molar-refractivity contribution in [2.75, 3.05) is 18.4 Å². The molecule has 0 radical (unpaired) electrons. The first kappa shape index (κ1) is 17.3. The zero-order valence-corrected chi connectivity index (χ0v) is 14.4. The zero-order chi connectivity index (χ0) is 15.9. The van der Waals surface area contributed by atoms with Gasteiger partial charge in [0.25, 0.3) is 0 Å². The van der Waals surface area contributed by atoms with Crippen LogP contribution in [0.5, 0.6) is 0 Å². The molecule has 3 heteroatoms. The summed E-state index contributed by atoms with van der Waals surface area (Å²) in [6.07, 6.45) is 4.18. The van der Waals surface area contributed by atoms with E-state index in [1.807, 2.05) is 0 Å². The lowest BCUT2D eigenvalue weighted by molar-refractivity contribution is 0.0793. The molecule has 22 heavy (non-hydrogen) atoms. The number of piperidine rings is 1. The van der Waals surface area contributed by atoms with Gasteiger partial charge >= 0.3 is 0 Å². The van der Waals surface area contributed by atoms with Crippen LogP contribution in [0, 0.1) is 5.92 Å². The maximum absolute atomic E-state index is 9.63. The second-order valence-electron chi connectivity index (χ2n) is 7.18. The lowest BCUT2D eigenvalue weighted by atomic mass is 10.0. The van der Waals surface area contributed by atoms with E-state index in [2.05, 4.69) is 55.3 Å². The quantitative estimate of drug-likeness (QED) is 0.802. The fourth-order valence-corrected chi connectivity index (χ4v) is 3.04. The highest BCUT2D eigenvalue weighted by Crippen LogP contribution is 2.21. The summed E-state index contributed by atoms with van der Waals surface area (Å²) in [4.78, 5) is 2.45. The lowest BCUT2D eigenvalue weighted by Crippen LogP contribution is -2.35. The first-order valence-electron chi connectivity index (χ1n) is 8.79. The fourth-order valence-electron chi connectivity index (χ4n) is 3.04. The van der Waals surface area contributed by atoms with Crippen molar-refractivity contribution in [3.63, 3.8) is 0 Å². The summed E-state index contributed by atoms with van der Waals surface area (Å²) in [6, 6.07) is 9.16. The Morgan fingerprint density at radius 1 is 1.14 bits per heavy atom. The molecule has 1 atom stereocenters. The Labute approximate surface area is 135 Å². The number of hydrogen-bond donors (Lipinski definition) is 2. The number of rotatable bonds is 7. The smallest absolute Gasteiger partial charge is 0.0564 e. The third kappa shape index (κ3) is 5.62. The number of para-hydroxylation sites is 1. The molecule has 124 valence electrons. The molecular formula is C19H32N2O. The van der Waals surface area contributed by atoms with Gasteiger partial charge in [0, 0.05) is 31.4 Å². The SMILES string of the molecule is CC(C)CCC(C)Nc1ccccc1CN1CCC(O)CC1. The molecule has 1 fully saturated rings. The standard InChI is InChI=1S/C19H32N2O/c1-15(2)8-9-16(3)20-19-7-5-4-6-17(19)14-21-12-10-18(22)11-13-21/h4-7,15-16,18,20,22H,8-14H2,1-3H3. The maximum atomic E-state index is 9.63. The summed E-state index contributed by atoms with van der Waals surface area (Å²) in [6.45, 7) is 9.82. The molecule has 3 nitrogen and oxygen atoms in total. The van der Waals surface area contributed by atoms with Gasteiger partial charge in [0.05, 0.1) is 6.10 Å². The molecule has 0 spiro atoms. The summed E-state index contributed by atoms with van der Waals surface area (Å²) in [5, 5.41) is 13.3. The third-order valence-electron chi connectivity index (χ3n) is 4.55. The number of anilines is 1. The largest absolute Gasteiger partial charge is 0.393 e. The number of aliphatic hydroxyl groups is 1. The van der Waals surface area contributed by atoms with Crippen molar-refractivity contribution in [3.8, 4) is 0 Å². The molecule has 0 aromatic heterocycles. The predicted octanol–water partition coefficient (Wildman–Crippen LogP) is 3.88. The maximum Gasteiger partial charge on any atom is 0.0564 e. The van der Waals surface area contributed by atoms with Crippen LogP contribution in [-0.2, 0) is 6.54 Å². The normalized spacial score (nSPS) is 18.6. The van der Waals surface area contributed by atoms with E-state index < -0.39 is 0 Å². The number of hydrogen-bond acceptors (Lipinski definition) is 3. The lowest BCUT2D eigenvalue weighted by Gasteiger charge is -2.30. The van der Waals surface area contributed by atoms with Crippen molar-refractivity contribution >= 4 is 5.69 Å². The minimum Gasteiger partial charge on any atom is -0.393 e. The third-order valence-corrected chi connectivity index (χ3v) is 4.55. The monoisotopic (exact) mass is 304 g/mol. The average Bonchev–Trinajstić information content (AvgIpc) is 2.49. The van der Waals surface area contributed by atoms with Crippen LogP contribution >= 0.6 is 0 Å². The van der Waals surface area contributed by atoms with Gasteiger partial charge in [-0.1, -0.05) is 32.0 Å². The van der Waals surface area contributed by atoms with Crippen LogP contribution in [-0.4, -0.2) is 35.2 Å². The molecule has 1 heterocycles. The van der Waals surface area contributed by atoms with Gasteiger partial charge in [0.1, 0.15) is 0 Å². The Kier molecular flexibility index (Phi) is 6.71. The topological polar surface area (TPSA) is 35.5 Å². The molecule has 0 aliphatic carbocycles. The summed E-state index contributed by atoms with van der Waals surface area (Å²) in [5.41, 5.74) is 2.64. The highest BCUT2D eigenvalue weighted by molar-refractivity contribution is 5.51. The molecule has 0 amide bonds. The molecule has 1 saturated heterocycles. The summed E-state index contributed by atoms with van der Waals surface area (Å²) < 4.78 is 0. The molecule has 1 aromatic rings. The van der Waals surface area contributed by atoms with E-state index in [0.717, 1.165) is 38.4 Å². The average molecular weight is 304 g/mol. The molecular weight excluding hydrogens is 272 g/mol. The van der Waals surface area contributed by atoms with Crippen molar-refractivity contribution < 1.29 is 5.11 Å². The van der Waals surface area contributed by atoms with Crippen LogP contribution in [0.1, 0.15) is 52.0 Å². The second-order valence-corrected chi connectivity index (χ2v) is 7.18. The van der Waals surface area contributed by atoms with Crippen molar-refractivity contribution in [1.82, 2.24) is 4.90 Å². The minimum absolute atomic E-state index is 0.0966. The highest BCUT2D eigenvalue weighted by atomic mass is 16.3. The molecule has 1 aromatic carbocycles. The van der Waals surface area contributed by atoms with Crippen molar-refractivity contribution in [2.45, 2.75) is 65.1 Å². The number of likely N-dealkylation sites (tertiary alicyclic amines) is 1. The Morgan fingerprint density at radius 2 is 1.82 bits per heavy atom. The van der Waals surface area contributed by atoms with Gasteiger partial charge in [-0.05, 0) is 50.2 Å². The Hall–Kier alpha value is -1.06. The van der Waals surface area contributed by atoms with Crippen LogP contribution in [0.4, 0.5) is 5.69 Å². The number of nitrogens with zero attached hydrogens (tertiary/aromatic N) is 1. The first-order chi connectivity index (χ1) is 10.5. The van der Waals surface area contributed by atoms with E-state index in [1.54, 1.807) is 0 Å². The van der Waals surface area contributed by atoms with Crippen LogP contribution in [0.25, 0.3) is 0 Å². The molecule has 0 bridgehead atoms. The van der Waals surface area contributed by atoms with Gasteiger partial charge in [-0.2, -0.15) is 0 Å². The Bertz CT molecular complexity index is 439. The predicted molar refractivity (Wildman–Crippen MR) is 94.1 cm³/mol. The van der Waals surface area contributed by atoms with E-state index in [9.17, 15) is 5.11 Å². The van der Waals surface area contributed by atoms with Gasteiger partial charge in [-0.15, -0.1) is 0 Å². The second kappa shape index (κ2) is 8.54. The van der Waals surface area contributed by atoms with Crippen molar-refractivity contribution in [3.05, 3.63) is 29.8 Å². The van der Waals surface area contributed by atoms with Crippen molar-refractivity contribution in [1.29, 1.82) is 0 Å². The number of nitrogens with one attached hydrogen (secondary N) is 1. The van der Waals surface area contributed by atoms with Crippen LogP contribution < -0.4 is 5.32 Å². The van der Waals surface area contributed by atoms with Gasteiger partial charge in [-0.25, -0.2) is 0 Å². The molecule has 0 saturated carbocycles. The number of benzene rings is 1. The van der Waals surface area contributed by atoms with Gasteiger partial charge in [0.15, 0.2) is 0 Å². The summed E-state index contributed by atoms with van der Waals surface area (Å²) in [5.74, 6) is 0.763.